The van der Waals surface area contributed by atoms with Crippen LogP contribution in [0.2, 0.25) is 10.0 Å². The van der Waals surface area contributed by atoms with Gasteiger partial charge in [-0.1, -0.05) is 54.4 Å². The van der Waals surface area contributed by atoms with E-state index in [4.69, 9.17) is 27.6 Å². The van der Waals surface area contributed by atoms with Gasteiger partial charge in [-0.3, -0.25) is 4.79 Å². The molecule has 2 aromatic heterocycles. The summed E-state index contributed by atoms with van der Waals surface area (Å²) in [6.45, 7) is 1.85. The minimum Gasteiger partial charge on any atom is -0.435 e. The molecule has 1 atom stereocenters. The first-order chi connectivity index (χ1) is 13.0. The smallest absolute Gasteiger partial charge is 0.237 e. The van der Waals surface area contributed by atoms with Gasteiger partial charge in [-0.05, 0) is 40.8 Å². The standard InChI is InChI=1S/C21H15Cl2NO2S/c1-12(14-4-2-5-15(22)20(14)23)17(25)10-13-7-8-16-18(11-13)26-21(24-16)19-6-3-9-27-19/h2-9,11-12H,10H2,1H3/t12-/m1/s1. The second-order valence-corrected chi connectivity index (χ2v) is 8.04. The van der Waals surface area contributed by atoms with Crippen LogP contribution in [0, 0.1) is 0 Å². The number of halogens is 2. The normalized spacial score (nSPS) is 12.4. The van der Waals surface area contributed by atoms with Crippen molar-refractivity contribution in [3.05, 3.63) is 75.1 Å². The van der Waals surface area contributed by atoms with Gasteiger partial charge >= 0.3 is 0 Å². The number of Topliss-reactive ketones (excluding diaryl/α,β-unsaturated/α-hetero) is 1. The Balaban J connectivity index is 1.57. The number of carbonyl (C=O) groups excluding carboxylic acids is 1. The molecule has 0 spiro atoms. The van der Waals surface area contributed by atoms with Gasteiger partial charge in [-0.25, -0.2) is 4.98 Å². The first kappa shape index (κ1) is 18.2. The molecule has 3 nitrogen and oxygen atoms in total. The Hall–Kier alpha value is -2.14. The number of nitrogens with zero attached hydrogens (tertiary/aromatic N) is 1. The predicted octanol–water partition coefficient (Wildman–Crippen LogP) is 6.78. The zero-order valence-corrected chi connectivity index (χ0v) is 16.7. The Morgan fingerprint density at radius 3 is 2.81 bits per heavy atom. The number of ketones is 1. The lowest BCUT2D eigenvalue weighted by molar-refractivity contribution is -0.119. The summed E-state index contributed by atoms with van der Waals surface area (Å²) in [5, 5.41) is 2.88. The van der Waals surface area contributed by atoms with E-state index in [0.29, 0.717) is 21.5 Å². The molecule has 0 unspecified atom stereocenters. The highest BCUT2D eigenvalue weighted by molar-refractivity contribution is 7.13. The van der Waals surface area contributed by atoms with Gasteiger partial charge < -0.3 is 4.42 Å². The number of hydrogen-bond acceptors (Lipinski definition) is 4. The molecule has 2 aromatic carbocycles. The average molecular weight is 416 g/mol. The monoisotopic (exact) mass is 415 g/mol. The van der Waals surface area contributed by atoms with Gasteiger partial charge in [0.1, 0.15) is 11.3 Å². The van der Waals surface area contributed by atoms with Crippen LogP contribution in [0.4, 0.5) is 0 Å². The second-order valence-electron chi connectivity index (χ2n) is 6.31. The summed E-state index contributed by atoms with van der Waals surface area (Å²) in [6, 6.07) is 15.0. The van der Waals surface area contributed by atoms with E-state index in [9.17, 15) is 4.79 Å². The van der Waals surface area contributed by atoms with Crippen molar-refractivity contribution in [1.29, 1.82) is 0 Å². The van der Waals surface area contributed by atoms with Crippen molar-refractivity contribution in [2.45, 2.75) is 19.3 Å². The van der Waals surface area contributed by atoms with Gasteiger partial charge in [0.25, 0.3) is 0 Å². The first-order valence-electron chi connectivity index (χ1n) is 8.43. The lowest BCUT2D eigenvalue weighted by Gasteiger charge is -2.13. The van der Waals surface area contributed by atoms with E-state index in [1.54, 1.807) is 23.5 Å². The minimum atomic E-state index is -0.344. The number of aromatic nitrogens is 1. The maximum Gasteiger partial charge on any atom is 0.237 e. The van der Waals surface area contributed by atoms with Gasteiger partial charge in [0.05, 0.1) is 14.9 Å². The minimum absolute atomic E-state index is 0.0662. The number of benzene rings is 2. The van der Waals surface area contributed by atoms with E-state index in [1.807, 2.05) is 48.7 Å². The van der Waals surface area contributed by atoms with E-state index in [0.717, 1.165) is 21.5 Å². The highest BCUT2D eigenvalue weighted by atomic mass is 35.5. The van der Waals surface area contributed by atoms with Crippen molar-refractivity contribution in [1.82, 2.24) is 4.98 Å². The largest absolute Gasteiger partial charge is 0.435 e. The number of oxazole rings is 1. The summed E-state index contributed by atoms with van der Waals surface area (Å²) < 4.78 is 5.86. The third-order valence-electron chi connectivity index (χ3n) is 4.49. The number of hydrogen-bond donors (Lipinski definition) is 0. The number of fused-ring (bicyclic) bond motifs is 1. The highest BCUT2D eigenvalue weighted by Crippen LogP contribution is 2.32. The molecule has 0 bridgehead atoms. The maximum atomic E-state index is 12.8. The van der Waals surface area contributed by atoms with Crippen LogP contribution < -0.4 is 0 Å². The molecule has 0 aliphatic rings. The summed E-state index contributed by atoms with van der Waals surface area (Å²) in [6.07, 6.45) is 0.287. The summed E-state index contributed by atoms with van der Waals surface area (Å²) in [5.41, 5.74) is 3.08. The van der Waals surface area contributed by atoms with Crippen LogP contribution in [-0.4, -0.2) is 10.8 Å². The number of carbonyl (C=O) groups is 1. The van der Waals surface area contributed by atoms with Gasteiger partial charge in [0, 0.05) is 12.3 Å². The molecule has 0 radical (unpaired) electrons. The lowest BCUT2D eigenvalue weighted by Crippen LogP contribution is -2.12. The quantitative estimate of drug-likeness (QED) is 0.360. The van der Waals surface area contributed by atoms with E-state index in [2.05, 4.69) is 4.98 Å². The van der Waals surface area contributed by atoms with E-state index >= 15 is 0 Å². The average Bonchev–Trinajstić information content (AvgIpc) is 3.32. The number of rotatable bonds is 5. The molecule has 4 rings (SSSR count). The zero-order valence-electron chi connectivity index (χ0n) is 14.4. The Labute approximate surface area is 170 Å². The fraction of sp³-hybridized carbons (Fsp3) is 0.143. The SMILES string of the molecule is C[C@@H](C(=O)Cc1ccc2nc(-c3cccs3)oc2c1)c1cccc(Cl)c1Cl. The Morgan fingerprint density at radius 2 is 2.04 bits per heavy atom. The number of thiophene rings is 1. The lowest BCUT2D eigenvalue weighted by atomic mass is 9.92. The highest BCUT2D eigenvalue weighted by Gasteiger charge is 2.20. The molecule has 136 valence electrons. The molecule has 0 saturated carbocycles. The van der Waals surface area contributed by atoms with E-state index in [1.165, 1.54) is 0 Å². The van der Waals surface area contributed by atoms with Crippen molar-refractivity contribution in [2.75, 3.05) is 0 Å². The van der Waals surface area contributed by atoms with E-state index < -0.39 is 0 Å². The fourth-order valence-corrected chi connectivity index (χ4v) is 4.09. The first-order valence-corrected chi connectivity index (χ1v) is 10.1. The molecule has 0 aliphatic heterocycles. The molecule has 0 fully saturated rings. The third kappa shape index (κ3) is 3.65. The van der Waals surface area contributed by atoms with Crippen molar-refractivity contribution in [2.24, 2.45) is 0 Å². The van der Waals surface area contributed by atoms with Crippen LogP contribution in [0.15, 0.2) is 58.3 Å². The summed E-state index contributed by atoms with van der Waals surface area (Å²) >= 11 is 13.9. The molecule has 0 N–H and O–H groups in total. The topological polar surface area (TPSA) is 43.1 Å². The van der Waals surface area contributed by atoms with E-state index in [-0.39, 0.29) is 18.1 Å². The third-order valence-corrected chi connectivity index (χ3v) is 6.19. The molecular weight excluding hydrogens is 401 g/mol. The van der Waals surface area contributed by atoms with Crippen LogP contribution in [-0.2, 0) is 11.2 Å². The Morgan fingerprint density at radius 1 is 1.19 bits per heavy atom. The maximum absolute atomic E-state index is 12.8. The van der Waals surface area contributed by atoms with Crippen LogP contribution in [0.5, 0.6) is 0 Å². The molecule has 2 heterocycles. The molecule has 0 saturated heterocycles. The zero-order chi connectivity index (χ0) is 19.0. The summed E-state index contributed by atoms with van der Waals surface area (Å²) in [7, 11) is 0. The van der Waals surface area contributed by atoms with Crippen LogP contribution in [0.3, 0.4) is 0 Å². The van der Waals surface area contributed by atoms with Crippen molar-refractivity contribution in [3.8, 4) is 10.8 Å². The Kier molecular flexibility index (Phi) is 5.04. The second kappa shape index (κ2) is 7.47. The molecule has 0 aliphatic carbocycles. The van der Waals surface area contributed by atoms with Gasteiger partial charge in [0.2, 0.25) is 5.89 Å². The van der Waals surface area contributed by atoms with Crippen molar-refractivity contribution >= 4 is 51.4 Å². The van der Waals surface area contributed by atoms with Crippen LogP contribution >= 0.6 is 34.5 Å². The van der Waals surface area contributed by atoms with Crippen molar-refractivity contribution < 1.29 is 9.21 Å². The summed E-state index contributed by atoms with van der Waals surface area (Å²) in [4.78, 5) is 18.2. The van der Waals surface area contributed by atoms with Gasteiger partial charge in [-0.15, -0.1) is 11.3 Å². The van der Waals surface area contributed by atoms with Crippen LogP contribution in [0.25, 0.3) is 21.9 Å². The van der Waals surface area contributed by atoms with Gasteiger partial charge in [-0.2, -0.15) is 0 Å². The Bertz CT molecular complexity index is 1120. The van der Waals surface area contributed by atoms with Gasteiger partial charge in [0.15, 0.2) is 5.58 Å². The molecular formula is C21H15Cl2NO2S. The predicted molar refractivity (Wildman–Crippen MR) is 111 cm³/mol. The van der Waals surface area contributed by atoms with Crippen LogP contribution in [0.1, 0.15) is 24.0 Å². The summed E-state index contributed by atoms with van der Waals surface area (Å²) in [5.74, 6) is 0.322. The molecule has 6 heteroatoms. The molecule has 4 aromatic rings. The molecule has 27 heavy (non-hydrogen) atoms. The fourth-order valence-electron chi connectivity index (χ4n) is 2.97. The van der Waals surface area contributed by atoms with Crippen molar-refractivity contribution in [3.63, 3.8) is 0 Å². The molecule has 0 amide bonds.